The fourth-order valence-electron chi connectivity index (χ4n) is 0.684. The van der Waals surface area contributed by atoms with E-state index in [9.17, 15) is 43.2 Å². The second-order valence-corrected chi connectivity index (χ2v) is 7.01. The summed E-state index contributed by atoms with van der Waals surface area (Å²) in [4.78, 5) is 0. The highest BCUT2D eigenvalue weighted by molar-refractivity contribution is 8.10. The quantitative estimate of drug-likeness (QED) is 0.583. The predicted molar refractivity (Wildman–Crippen MR) is 43.9 cm³/mol. The third-order valence-electron chi connectivity index (χ3n) is 1.45. The first kappa shape index (κ1) is 16.2. The van der Waals surface area contributed by atoms with Gasteiger partial charge in [0, 0.05) is 0 Å². The molecule has 0 aliphatic heterocycles. The van der Waals surface area contributed by atoms with Gasteiger partial charge >= 0.3 is 11.0 Å². The zero-order valence-electron chi connectivity index (χ0n) is 7.58. The molecule has 0 spiro atoms. The molecule has 0 aromatic heterocycles. The van der Waals surface area contributed by atoms with Gasteiger partial charge in [-0.2, -0.15) is 26.3 Å². The molecule has 0 aliphatic carbocycles. The molecule has 0 aromatic rings. The van der Waals surface area contributed by atoms with Gasteiger partial charge in [0.25, 0.3) is 19.7 Å². The SMILES string of the molecule is C=CC(S(=O)(=O)C(F)(F)F)S(=O)(=O)C(F)(F)F. The Morgan fingerprint density at radius 2 is 1.06 bits per heavy atom. The molecule has 0 aromatic carbocycles. The van der Waals surface area contributed by atoms with Crippen LogP contribution in [-0.2, 0) is 19.7 Å². The normalized spacial score (nSPS) is 15.0. The van der Waals surface area contributed by atoms with Gasteiger partial charge in [-0.25, -0.2) is 16.8 Å². The molecule has 102 valence electrons. The van der Waals surface area contributed by atoms with Crippen LogP contribution in [0, 0.1) is 0 Å². The Bertz CT molecular complexity index is 452. The molecule has 0 rings (SSSR count). The van der Waals surface area contributed by atoms with E-state index in [1.54, 1.807) is 0 Å². The minimum absolute atomic E-state index is 0.439. The zero-order chi connectivity index (χ0) is 14.3. The molecular formula is C5H4F6O4S2. The Balaban J connectivity index is 5.99. The molecule has 12 heteroatoms. The number of alkyl halides is 6. The predicted octanol–water partition coefficient (Wildman–Crippen LogP) is 1.37. The van der Waals surface area contributed by atoms with Gasteiger partial charge in [-0.3, -0.25) is 0 Å². The lowest BCUT2D eigenvalue weighted by atomic mass is 10.8. The molecule has 0 saturated carbocycles. The average Bonchev–Trinajstić information content (AvgIpc) is 1.99. The van der Waals surface area contributed by atoms with Crippen LogP contribution in [0.5, 0.6) is 0 Å². The van der Waals surface area contributed by atoms with Crippen LogP contribution < -0.4 is 0 Å². The summed E-state index contributed by atoms with van der Waals surface area (Å²) >= 11 is 0. The minimum atomic E-state index is -6.56. The highest BCUT2D eigenvalue weighted by Gasteiger charge is 2.61. The maximum absolute atomic E-state index is 11.9. The van der Waals surface area contributed by atoms with Gasteiger partial charge in [0.05, 0.1) is 0 Å². The Kier molecular flexibility index (Phi) is 3.96. The van der Waals surface area contributed by atoms with Gasteiger partial charge in [-0.1, -0.05) is 6.08 Å². The summed E-state index contributed by atoms with van der Waals surface area (Å²) in [6, 6.07) is 0. The van der Waals surface area contributed by atoms with Crippen LogP contribution in [0.25, 0.3) is 0 Å². The minimum Gasteiger partial charge on any atom is -0.218 e. The molecule has 0 heterocycles. The number of halogens is 6. The third-order valence-corrected chi connectivity index (χ3v) is 5.87. The molecule has 0 amide bonds. The van der Waals surface area contributed by atoms with E-state index in [-0.39, 0.29) is 0 Å². The van der Waals surface area contributed by atoms with E-state index >= 15 is 0 Å². The summed E-state index contributed by atoms with van der Waals surface area (Å²) in [6.07, 6.45) is -0.439. The van der Waals surface area contributed by atoms with Crippen LogP contribution in [0.3, 0.4) is 0 Å². The zero-order valence-corrected chi connectivity index (χ0v) is 9.21. The van der Waals surface area contributed by atoms with Crippen molar-refractivity contribution in [1.29, 1.82) is 0 Å². The first-order chi connectivity index (χ1) is 7.19. The molecular weight excluding hydrogens is 302 g/mol. The van der Waals surface area contributed by atoms with Crippen LogP contribution in [0.15, 0.2) is 12.7 Å². The fourth-order valence-corrected chi connectivity index (χ4v) is 3.71. The third kappa shape index (κ3) is 2.73. The Hall–Kier alpha value is -0.780. The molecule has 0 bridgehead atoms. The summed E-state index contributed by atoms with van der Waals surface area (Å²) in [6.45, 7) is 2.36. The van der Waals surface area contributed by atoms with Crippen molar-refractivity contribution in [1.82, 2.24) is 0 Å². The van der Waals surface area contributed by atoms with Gasteiger partial charge in [0.2, 0.25) is 0 Å². The van der Waals surface area contributed by atoms with Crippen molar-refractivity contribution in [2.24, 2.45) is 0 Å². The maximum Gasteiger partial charge on any atom is 0.499 e. The fraction of sp³-hybridized carbons (Fsp3) is 0.600. The van der Waals surface area contributed by atoms with Gasteiger partial charge in [0.1, 0.15) is 0 Å². The van der Waals surface area contributed by atoms with E-state index in [1.807, 2.05) is 0 Å². The average molecular weight is 306 g/mol. The Morgan fingerprint density at radius 1 is 0.824 bits per heavy atom. The highest BCUT2D eigenvalue weighted by Crippen LogP contribution is 2.36. The molecule has 0 unspecified atom stereocenters. The summed E-state index contributed by atoms with van der Waals surface area (Å²) in [5.41, 5.74) is -12.3. The van der Waals surface area contributed by atoms with Gasteiger partial charge in [-0.15, -0.1) is 6.58 Å². The van der Waals surface area contributed by atoms with Crippen LogP contribution in [0.4, 0.5) is 26.3 Å². The van der Waals surface area contributed by atoms with E-state index < -0.39 is 41.3 Å². The van der Waals surface area contributed by atoms with Gasteiger partial charge in [-0.05, 0) is 0 Å². The second-order valence-electron chi connectivity index (χ2n) is 2.59. The standard InChI is InChI=1S/C5H4F6O4S2/c1-2-3(16(12,13)4(6,7)8)17(14,15)5(9,10)11/h2-3H,1H2. The number of sulfone groups is 2. The molecule has 17 heavy (non-hydrogen) atoms. The lowest BCUT2D eigenvalue weighted by molar-refractivity contribution is -0.0465. The van der Waals surface area contributed by atoms with E-state index in [1.165, 1.54) is 0 Å². The largest absolute Gasteiger partial charge is 0.499 e. The van der Waals surface area contributed by atoms with Crippen LogP contribution >= 0.6 is 0 Å². The van der Waals surface area contributed by atoms with Gasteiger partial charge in [0.15, 0.2) is 4.58 Å². The molecule has 0 radical (unpaired) electrons. The smallest absolute Gasteiger partial charge is 0.218 e. The van der Waals surface area contributed by atoms with E-state index in [2.05, 4.69) is 6.58 Å². The van der Waals surface area contributed by atoms with Crippen LogP contribution in [0.2, 0.25) is 0 Å². The van der Waals surface area contributed by atoms with Crippen LogP contribution in [0.1, 0.15) is 0 Å². The van der Waals surface area contributed by atoms with Crippen molar-refractivity contribution in [3.8, 4) is 0 Å². The monoisotopic (exact) mass is 306 g/mol. The maximum atomic E-state index is 11.9. The van der Waals surface area contributed by atoms with Crippen molar-refractivity contribution < 1.29 is 43.2 Å². The van der Waals surface area contributed by atoms with Crippen molar-refractivity contribution in [2.75, 3.05) is 0 Å². The molecule has 0 fully saturated rings. The second kappa shape index (κ2) is 4.15. The molecule has 0 N–H and O–H groups in total. The summed E-state index contributed by atoms with van der Waals surface area (Å²) in [5.74, 6) is 0. The number of rotatable bonds is 3. The van der Waals surface area contributed by atoms with E-state index in [0.717, 1.165) is 0 Å². The highest BCUT2D eigenvalue weighted by atomic mass is 32.3. The number of hydrogen-bond donors (Lipinski definition) is 0. The Labute approximate surface area is 91.8 Å². The lowest BCUT2D eigenvalue weighted by Crippen LogP contribution is -2.43. The first-order valence-electron chi connectivity index (χ1n) is 3.42. The summed E-state index contributed by atoms with van der Waals surface area (Å²) in [5, 5.41) is 0. The summed E-state index contributed by atoms with van der Waals surface area (Å²) < 4.78 is 110. The summed E-state index contributed by atoms with van der Waals surface area (Å²) in [7, 11) is -13.1. The van der Waals surface area contributed by atoms with Gasteiger partial charge < -0.3 is 0 Å². The molecule has 0 atom stereocenters. The van der Waals surface area contributed by atoms with E-state index in [4.69, 9.17) is 0 Å². The van der Waals surface area contributed by atoms with Crippen molar-refractivity contribution in [3.05, 3.63) is 12.7 Å². The van der Waals surface area contributed by atoms with Crippen molar-refractivity contribution in [2.45, 2.75) is 15.6 Å². The van der Waals surface area contributed by atoms with Crippen molar-refractivity contribution >= 4 is 19.7 Å². The molecule has 0 aliphatic rings. The molecule has 0 saturated heterocycles. The molecule has 4 nitrogen and oxygen atoms in total. The van der Waals surface area contributed by atoms with Crippen molar-refractivity contribution in [3.63, 3.8) is 0 Å². The van der Waals surface area contributed by atoms with Crippen LogP contribution in [-0.4, -0.2) is 32.4 Å². The lowest BCUT2D eigenvalue weighted by Gasteiger charge is -2.17. The van der Waals surface area contributed by atoms with E-state index in [0.29, 0.717) is 0 Å². The Morgan fingerprint density at radius 3 is 1.18 bits per heavy atom. The number of hydrogen-bond acceptors (Lipinski definition) is 4. The topological polar surface area (TPSA) is 68.3 Å². The first-order valence-corrected chi connectivity index (χ1v) is 6.51.